The van der Waals surface area contributed by atoms with E-state index in [0.29, 0.717) is 24.3 Å². The summed E-state index contributed by atoms with van der Waals surface area (Å²) in [5.74, 6) is 0.248. The Hall–Kier alpha value is -1.22. The number of rotatable bonds is 2. The van der Waals surface area contributed by atoms with Gasteiger partial charge in [-0.2, -0.15) is 0 Å². The molecule has 3 heteroatoms. The van der Waals surface area contributed by atoms with Crippen LogP contribution in [0.5, 0.6) is 0 Å². The Kier molecular flexibility index (Phi) is 3.34. The van der Waals surface area contributed by atoms with Crippen molar-refractivity contribution in [3.8, 4) is 0 Å². The van der Waals surface area contributed by atoms with Crippen molar-refractivity contribution in [1.29, 1.82) is 0 Å². The summed E-state index contributed by atoms with van der Waals surface area (Å²) in [5.41, 5.74) is 0.712. The first-order chi connectivity index (χ1) is 7.66. The van der Waals surface area contributed by atoms with Crippen molar-refractivity contribution in [2.45, 2.75) is 19.9 Å². The summed E-state index contributed by atoms with van der Waals surface area (Å²) in [4.78, 5) is 13.5. The van der Waals surface area contributed by atoms with Gasteiger partial charge in [0.25, 0.3) is 0 Å². The molecule has 2 rings (SSSR count). The minimum Gasteiger partial charge on any atom is -0.299 e. The van der Waals surface area contributed by atoms with Crippen molar-refractivity contribution in [2.75, 3.05) is 13.1 Å². The van der Waals surface area contributed by atoms with Gasteiger partial charge in [0.2, 0.25) is 0 Å². The summed E-state index contributed by atoms with van der Waals surface area (Å²) in [6, 6.07) is 6.82. The third-order valence-corrected chi connectivity index (χ3v) is 3.11. The Morgan fingerprint density at radius 2 is 2.19 bits per heavy atom. The highest BCUT2D eigenvalue weighted by Crippen LogP contribution is 2.16. The molecule has 0 spiro atoms. The van der Waals surface area contributed by atoms with Gasteiger partial charge in [-0.15, -0.1) is 0 Å². The van der Waals surface area contributed by atoms with Gasteiger partial charge in [0, 0.05) is 37.5 Å². The molecular weight excluding hydrogens is 205 g/mol. The van der Waals surface area contributed by atoms with Crippen molar-refractivity contribution in [3.05, 3.63) is 35.6 Å². The Morgan fingerprint density at radius 3 is 2.88 bits per heavy atom. The standard InChI is InChI=1S/C13H16FNO/c1-10-8-15(7-6-13(10)16)9-11-4-2-3-5-12(11)14/h2-5,10H,6-9H2,1H3. The molecule has 1 fully saturated rings. The van der Waals surface area contributed by atoms with Crippen LogP contribution in [0.25, 0.3) is 0 Å². The molecule has 0 bridgehead atoms. The average molecular weight is 221 g/mol. The largest absolute Gasteiger partial charge is 0.299 e. The summed E-state index contributed by atoms with van der Waals surface area (Å²) < 4.78 is 13.4. The number of Topliss-reactive ketones (excluding diaryl/α,β-unsaturated/α-hetero) is 1. The first-order valence-corrected chi connectivity index (χ1v) is 5.65. The highest BCUT2D eigenvalue weighted by atomic mass is 19.1. The van der Waals surface area contributed by atoms with Gasteiger partial charge in [0.15, 0.2) is 0 Å². The number of ketones is 1. The second-order valence-electron chi connectivity index (χ2n) is 4.44. The lowest BCUT2D eigenvalue weighted by Gasteiger charge is -2.29. The second kappa shape index (κ2) is 4.74. The highest BCUT2D eigenvalue weighted by molar-refractivity contribution is 5.81. The zero-order valence-electron chi connectivity index (χ0n) is 9.45. The van der Waals surface area contributed by atoms with Crippen LogP contribution in [0, 0.1) is 11.7 Å². The predicted molar refractivity (Wildman–Crippen MR) is 60.5 cm³/mol. The molecule has 1 atom stereocenters. The maximum Gasteiger partial charge on any atom is 0.138 e. The number of hydrogen-bond donors (Lipinski definition) is 0. The van der Waals surface area contributed by atoms with E-state index in [1.165, 1.54) is 6.07 Å². The number of benzene rings is 1. The number of likely N-dealkylation sites (tertiary alicyclic amines) is 1. The molecule has 16 heavy (non-hydrogen) atoms. The Labute approximate surface area is 95.1 Å². The molecule has 1 aromatic carbocycles. The topological polar surface area (TPSA) is 20.3 Å². The molecule has 0 saturated carbocycles. The molecule has 1 unspecified atom stereocenters. The minimum absolute atomic E-state index is 0.0838. The number of piperidine rings is 1. The minimum atomic E-state index is -0.160. The fourth-order valence-corrected chi connectivity index (χ4v) is 2.11. The van der Waals surface area contributed by atoms with Gasteiger partial charge in [-0.1, -0.05) is 25.1 Å². The lowest BCUT2D eigenvalue weighted by atomic mass is 9.98. The molecule has 1 aromatic rings. The van der Waals surface area contributed by atoms with Crippen LogP contribution >= 0.6 is 0 Å². The van der Waals surface area contributed by atoms with E-state index in [0.717, 1.165) is 13.1 Å². The van der Waals surface area contributed by atoms with E-state index < -0.39 is 0 Å². The summed E-state index contributed by atoms with van der Waals surface area (Å²) in [5, 5.41) is 0. The van der Waals surface area contributed by atoms with E-state index in [-0.39, 0.29) is 11.7 Å². The van der Waals surface area contributed by atoms with Crippen molar-refractivity contribution in [2.24, 2.45) is 5.92 Å². The van der Waals surface area contributed by atoms with Gasteiger partial charge < -0.3 is 0 Å². The lowest BCUT2D eigenvalue weighted by Crippen LogP contribution is -2.39. The van der Waals surface area contributed by atoms with Crippen LogP contribution in [0.2, 0.25) is 0 Å². The van der Waals surface area contributed by atoms with Crippen molar-refractivity contribution >= 4 is 5.78 Å². The number of halogens is 1. The maximum absolute atomic E-state index is 13.4. The van der Waals surface area contributed by atoms with E-state index in [4.69, 9.17) is 0 Å². The zero-order valence-corrected chi connectivity index (χ0v) is 9.45. The Morgan fingerprint density at radius 1 is 1.44 bits per heavy atom. The molecular formula is C13H16FNO. The third-order valence-electron chi connectivity index (χ3n) is 3.11. The molecule has 1 heterocycles. The summed E-state index contributed by atoms with van der Waals surface area (Å²) in [7, 11) is 0. The fourth-order valence-electron chi connectivity index (χ4n) is 2.11. The van der Waals surface area contributed by atoms with Gasteiger partial charge in [0.1, 0.15) is 11.6 Å². The van der Waals surface area contributed by atoms with Gasteiger partial charge in [-0.05, 0) is 6.07 Å². The second-order valence-corrected chi connectivity index (χ2v) is 4.44. The molecule has 0 aliphatic carbocycles. The number of hydrogen-bond acceptors (Lipinski definition) is 2. The van der Waals surface area contributed by atoms with Gasteiger partial charge in [-0.3, -0.25) is 9.69 Å². The van der Waals surface area contributed by atoms with Crippen LogP contribution < -0.4 is 0 Å². The van der Waals surface area contributed by atoms with Crippen LogP contribution in [0.15, 0.2) is 24.3 Å². The van der Waals surface area contributed by atoms with Crippen LogP contribution in [0.1, 0.15) is 18.9 Å². The van der Waals surface area contributed by atoms with E-state index in [2.05, 4.69) is 4.90 Å². The Bertz CT molecular complexity index is 391. The molecule has 1 aliphatic rings. The van der Waals surface area contributed by atoms with Crippen LogP contribution in [0.3, 0.4) is 0 Å². The first-order valence-electron chi connectivity index (χ1n) is 5.65. The van der Waals surface area contributed by atoms with Crippen LogP contribution in [-0.4, -0.2) is 23.8 Å². The molecule has 0 N–H and O–H groups in total. The number of carbonyl (C=O) groups is 1. The number of nitrogens with zero attached hydrogens (tertiary/aromatic N) is 1. The van der Waals surface area contributed by atoms with Gasteiger partial charge in [-0.25, -0.2) is 4.39 Å². The lowest BCUT2D eigenvalue weighted by molar-refractivity contribution is -0.125. The highest BCUT2D eigenvalue weighted by Gasteiger charge is 2.23. The smallest absolute Gasteiger partial charge is 0.138 e. The normalized spacial score (nSPS) is 22.4. The molecule has 0 amide bonds. The van der Waals surface area contributed by atoms with Gasteiger partial charge >= 0.3 is 0 Å². The summed E-state index contributed by atoms with van der Waals surface area (Å²) >= 11 is 0. The number of carbonyl (C=O) groups excluding carboxylic acids is 1. The van der Waals surface area contributed by atoms with Crippen molar-refractivity contribution < 1.29 is 9.18 Å². The summed E-state index contributed by atoms with van der Waals surface area (Å²) in [6.45, 7) is 4.03. The molecule has 1 aliphatic heterocycles. The molecule has 0 radical (unpaired) electrons. The van der Waals surface area contributed by atoms with E-state index in [1.54, 1.807) is 12.1 Å². The van der Waals surface area contributed by atoms with Crippen molar-refractivity contribution in [3.63, 3.8) is 0 Å². The molecule has 1 saturated heterocycles. The average Bonchev–Trinajstić information content (AvgIpc) is 2.27. The zero-order chi connectivity index (χ0) is 11.5. The maximum atomic E-state index is 13.4. The van der Waals surface area contributed by atoms with Crippen molar-refractivity contribution in [1.82, 2.24) is 4.90 Å². The molecule has 0 aromatic heterocycles. The van der Waals surface area contributed by atoms with Gasteiger partial charge in [0.05, 0.1) is 0 Å². The molecule has 2 nitrogen and oxygen atoms in total. The Balaban J connectivity index is 2.01. The monoisotopic (exact) mass is 221 g/mol. The van der Waals surface area contributed by atoms with E-state index >= 15 is 0 Å². The van der Waals surface area contributed by atoms with Crippen LogP contribution in [-0.2, 0) is 11.3 Å². The third kappa shape index (κ3) is 2.47. The van der Waals surface area contributed by atoms with E-state index in [9.17, 15) is 9.18 Å². The SMILES string of the molecule is CC1CN(Cc2ccccc2F)CCC1=O. The van der Waals surface area contributed by atoms with E-state index in [1.807, 2.05) is 13.0 Å². The molecule has 86 valence electrons. The van der Waals surface area contributed by atoms with Crippen LogP contribution in [0.4, 0.5) is 4.39 Å². The summed E-state index contributed by atoms with van der Waals surface area (Å²) in [6.07, 6.45) is 0.593. The predicted octanol–water partition coefficient (Wildman–Crippen LogP) is 2.24. The fraction of sp³-hybridized carbons (Fsp3) is 0.462. The first kappa shape index (κ1) is 11.3. The quantitative estimate of drug-likeness (QED) is 0.763.